The van der Waals surface area contributed by atoms with Crippen molar-refractivity contribution >= 4 is 40.7 Å². The Labute approximate surface area is 213 Å². The molecule has 0 radical (unpaired) electrons. The van der Waals surface area contributed by atoms with E-state index >= 15 is 0 Å². The summed E-state index contributed by atoms with van der Waals surface area (Å²) >= 11 is 17.9. The van der Waals surface area contributed by atoms with Crippen molar-refractivity contribution in [1.82, 2.24) is 20.1 Å². The second-order valence-corrected chi connectivity index (χ2v) is 9.10. The molecule has 192 valence electrons. The molecule has 4 rings (SSSR count). The molecule has 2 heterocycles. The SMILES string of the molecule is O=C(NC1CC1)c1cc(-c2cnn(-c3c(Cl)cc(C(F)(C(F)(F)F)C(F)(F)F)cc3Cl)c2)cnc1Cl. The smallest absolute Gasteiger partial charge is 0.349 e. The number of rotatable bonds is 5. The van der Waals surface area contributed by atoms with Gasteiger partial charge in [0.25, 0.3) is 5.91 Å². The lowest BCUT2D eigenvalue weighted by molar-refractivity contribution is -0.348. The summed E-state index contributed by atoms with van der Waals surface area (Å²) < 4.78 is 94.1. The predicted molar refractivity (Wildman–Crippen MR) is 117 cm³/mol. The van der Waals surface area contributed by atoms with Gasteiger partial charge in [0, 0.05) is 35.1 Å². The summed E-state index contributed by atoms with van der Waals surface area (Å²) in [5.41, 5.74) is -7.04. The van der Waals surface area contributed by atoms with Crippen LogP contribution in [0.25, 0.3) is 16.8 Å². The first kappa shape index (κ1) is 26.5. The largest absolute Gasteiger partial charge is 0.435 e. The number of benzene rings is 1. The van der Waals surface area contributed by atoms with E-state index in [0.29, 0.717) is 11.1 Å². The van der Waals surface area contributed by atoms with Crippen molar-refractivity contribution in [3.05, 3.63) is 63.1 Å². The Balaban J connectivity index is 1.71. The number of nitrogens with zero attached hydrogens (tertiary/aromatic N) is 3. The molecule has 1 aliphatic carbocycles. The molecule has 1 aromatic carbocycles. The Morgan fingerprint density at radius 1 is 0.917 bits per heavy atom. The van der Waals surface area contributed by atoms with Crippen LogP contribution < -0.4 is 5.32 Å². The van der Waals surface area contributed by atoms with Crippen LogP contribution in [0.2, 0.25) is 15.2 Å². The van der Waals surface area contributed by atoms with Gasteiger partial charge in [0.05, 0.1) is 21.8 Å². The first-order chi connectivity index (χ1) is 16.6. The molecule has 0 atom stereocenters. The molecule has 0 aliphatic heterocycles. The molecule has 2 aromatic heterocycles. The molecule has 0 unspecified atom stereocenters. The van der Waals surface area contributed by atoms with Gasteiger partial charge in [-0.25, -0.2) is 14.1 Å². The quantitative estimate of drug-likeness (QED) is 0.261. The topological polar surface area (TPSA) is 59.8 Å². The second-order valence-electron chi connectivity index (χ2n) is 7.93. The van der Waals surface area contributed by atoms with Crippen molar-refractivity contribution in [3.8, 4) is 16.8 Å². The molecule has 15 heteroatoms. The minimum Gasteiger partial charge on any atom is -0.349 e. The molecule has 36 heavy (non-hydrogen) atoms. The lowest BCUT2D eigenvalue weighted by Crippen LogP contribution is -2.50. The highest BCUT2D eigenvalue weighted by Gasteiger charge is 2.73. The molecule has 3 aromatic rings. The molecular weight excluding hydrogens is 564 g/mol. The molecule has 5 nitrogen and oxygen atoms in total. The van der Waals surface area contributed by atoms with E-state index in [2.05, 4.69) is 15.4 Å². The Kier molecular flexibility index (Phi) is 6.67. The number of hydrogen-bond donors (Lipinski definition) is 1. The molecule has 1 fully saturated rings. The van der Waals surface area contributed by atoms with Crippen LogP contribution in [0.15, 0.2) is 36.8 Å². The second kappa shape index (κ2) is 9.07. The zero-order chi connectivity index (χ0) is 26.6. The van der Waals surface area contributed by atoms with Crippen LogP contribution in [0.1, 0.15) is 28.8 Å². The summed E-state index contributed by atoms with van der Waals surface area (Å²) in [4.78, 5) is 16.4. The van der Waals surface area contributed by atoms with E-state index in [1.54, 1.807) is 0 Å². The van der Waals surface area contributed by atoms with Gasteiger partial charge in [0.1, 0.15) is 10.8 Å². The Hall–Kier alpha value is -2.57. The molecular formula is C21H12Cl3F7N4O. The summed E-state index contributed by atoms with van der Waals surface area (Å²) in [5, 5.41) is 5.25. The molecule has 1 amide bonds. The van der Waals surface area contributed by atoms with E-state index in [0.717, 1.165) is 17.5 Å². The van der Waals surface area contributed by atoms with Gasteiger partial charge in [-0.05, 0) is 31.0 Å². The normalized spacial score (nSPS) is 14.7. The zero-order valence-corrected chi connectivity index (χ0v) is 19.8. The first-order valence-corrected chi connectivity index (χ1v) is 11.1. The van der Waals surface area contributed by atoms with Gasteiger partial charge >= 0.3 is 18.0 Å². The molecule has 1 saturated carbocycles. The molecule has 1 N–H and O–H groups in total. The average molecular weight is 576 g/mol. The van der Waals surface area contributed by atoms with Gasteiger partial charge < -0.3 is 5.32 Å². The summed E-state index contributed by atoms with van der Waals surface area (Å²) in [6, 6.07) is 1.88. The van der Waals surface area contributed by atoms with Gasteiger partial charge in [-0.3, -0.25) is 4.79 Å². The van der Waals surface area contributed by atoms with Gasteiger partial charge in [-0.2, -0.15) is 31.4 Å². The molecule has 0 spiro atoms. The van der Waals surface area contributed by atoms with Crippen molar-refractivity contribution in [2.24, 2.45) is 0 Å². The summed E-state index contributed by atoms with van der Waals surface area (Å²) in [7, 11) is 0. The van der Waals surface area contributed by atoms with Crippen LogP contribution in [-0.4, -0.2) is 39.1 Å². The Morgan fingerprint density at radius 2 is 1.50 bits per heavy atom. The van der Waals surface area contributed by atoms with E-state index in [4.69, 9.17) is 34.8 Å². The third-order valence-electron chi connectivity index (χ3n) is 5.34. The van der Waals surface area contributed by atoms with Crippen molar-refractivity contribution in [3.63, 3.8) is 0 Å². The monoisotopic (exact) mass is 574 g/mol. The number of hydrogen-bond acceptors (Lipinski definition) is 3. The van der Waals surface area contributed by atoms with E-state index in [1.807, 2.05) is 0 Å². The van der Waals surface area contributed by atoms with Crippen LogP contribution in [0.4, 0.5) is 30.7 Å². The van der Waals surface area contributed by atoms with Crippen molar-refractivity contribution in [2.75, 3.05) is 0 Å². The minimum absolute atomic E-state index is 0.0463. The third kappa shape index (κ3) is 4.73. The lowest BCUT2D eigenvalue weighted by Gasteiger charge is -2.30. The summed E-state index contributed by atoms with van der Waals surface area (Å²) in [6.07, 6.45) is -7.09. The number of aromatic nitrogens is 3. The highest BCUT2D eigenvalue weighted by Crippen LogP contribution is 2.54. The number of pyridine rings is 1. The number of halogens is 10. The van der Waals surface area contributed by atoms with E-state index < -0.39 is 39.5 Å². The first-order valence-electron chi connectivity index (χ1n) is 9.97. The van der Waals surface area contributed by atoms with E-state index in [9.17, 15) is 35.5 Å². The van der Waals surface area contributed by atoms with Crippen molar-refractivity contribution in [1.29, 1.82) is 0 Å². The summed E-state index contributed by atoms with van der Waals surface area (Å²) in [5.74, 6) is -0.435. The van der Waals surface area contributed by atoms with Crippen LogP contribution in [-0.2, 0) is 5.67 Å². The zero-order valence-electron chi connectivity index (χ0n) is 17.5. The maximum atomic E-state index is 14.4. The Bertz CT molecular complexity index is 1300. The lowest BCUT2D eigenvalue weighted by atomic mass is 9.94. The van der Waals surface area contributed by atoms with E-state index in [-0.39, 0.29) is 34.6 Å². The standard InChI is InChI=1S/C21H12Cl3F7N4O/c22-14-4-11(19(25,20(26,27)28)21(29,30)31)5-15(23)16(14)35-8-10(7-33-35)9-3-13(17(24)32-6-9)18(36)34-12-1-2-12/h3-8,12H,1-2H2,(H,34,36). The maximum Gasteiger partial charge on any atom is 0.435 e. The summed E-state index contributed by atoms with van der Waals surface area (Å²) in [6.45, 7) is 0. The highest BCUT2D eigenvalue weighted by atomic mass is 35.5. The number of carbonyl (C=O) groups excluding carboxylic acids is 1. The molecule has 0 bridgehead atoms. The van der Waals surface area contributed by atoms with Crippen LogP contribution in [0, 0.1) is 0 Å². The van der Waals surface area contributed by atoms with Crippen molar-refractivity contribution < 1.29 is 35.5 Å². The fourth-order valence-electron chi connectivity index (χ4n) is 3.32. The van der Waals surface area contributed by atoms with Gasteiger partial charge in [-0.1, -0.05) is 34.8 Å². The van der Waals surface area contributed by atoms with E-state index in [1.165, 1.54) is 24.7 Å². The fraction of sp³-hybridized carbons (Fsp3) is 0.286. The number of alkyl halides is 7. The van der Waals surface area contributed by atoms with Crippen LogP contribution in [0.3, 0.4) is 0 Å². The van der Waals surface area contributed by atoms with Gasteiger partial charge in [-0.15, -0.1) is 0 Å². The molecule has 1 aliphatic rings. The number of carbonyl (C=O) groups is 1. The predicted octanol–water partition coefficient (Wildman–Crippen LogP) is 7.08. The number of nitrogens with one attached hydrogen (secondary N) is 1. The fourth-order valence-corrected chi connectivity index (χ4v) is 4.17. The van der Waals surface area contributed by atoms with Crippen LogP contribution >= 0.6 is 34.8 Å². The highest BCUT2D eigenvalue weighted by molar-refractivity contribution is 6.38. The average Bonchev–Trinajstić information content (AvgIpc) is 3.44. The minimum atomic E-state index is -6.33. The Morgan fingerprint density at radius 3 is 2.03 bits per heavy atom. The van der Waals surface area contributed by atoms with Crippen molar-refractivity contribution in [2.45, 2.75) is 36.9 Å². The van der Waals surface area contributed by atoms with Crippen LogP contribution in [0.5, 0.6) is 0 Å². The third-order valence-corrected chi connectivity index (χ3v) is 6.21. The molecule has 0 saturated heterocycles. The van der Waals surface area contributed by atoms with Gasteiger partial charge in [0.15, 0.2) is 0 Å². The van der Waals surface area contributed by atoms with Gasteiger partial charge in [0.2, 0.25) is 0 Å². The maximum absolute atomic E-state index is 14.4. The number of amides is 1.